The number of piperidine rings is 1. The number of carboxylic acid groups (broad SMARTS) is 1. The highest BCUT2D eigenvalue weighted by molar-refractivity contribution is 5.95. The molecule has 2 N–H and O–H groups in total. The highest BCUT2D eigenvalue weighted by Gasteiger charge is 2.52. The third-order valence-electron chi connectivity index (χ3n) is 6.40. The van der Waals surface area contributed by atoms with Gasteiger partial charge in [-0.25, -0.2) is 0 Å². The lowest BCUT2D eigenvalue weighted by Crippen LogP contribution is -2.57. The summed E-state index contributed by atoms with van der Waals surface area (Å²) in [5.41, 5.74) is 1.11. The van der Waals surface area contributed by atoms with Crippen molar-refractivity contribution in [3.63, 3.8) is 0 Å². The first-order valence-electron chi connectivity index (χ1n) is 10.4. The number of ether oxygens (including phenoxy) is 1. The molecule has 2 aromatic carbocycles. The molecule has 2 atom stereocenters. The molecular weight excluding hydrogens is 382 g/mol. The molecule has 158 valence electrons. The quantitative estimate of drug-likeness (QED) is 0.763. The summed E-state index contributed by atoms with van der Waals surface area (Å²) in [6.45, 7) is 0.404. The first-order valence-corrected chi connectivity index (χ1v) is 10.4. The average Bonchev–Trinajstić information content (AvgIpc) is 3.58. The van der Waals surface area contributed by atoms with E-state index >= 15 is 0 Å². The van der Waals surface area contributed by atoms with E-state index in [0.717, 1.165) is 29.7 Å². The van der Waals surface area contributed by atoms with Crippen LogP contribution in [-0.4, -0.2) is 53.3 Å². The van der Waals surface area contributed by atoms with Gasteiger partial charge in [0.15, 0.2) is 0 Å². The van der Waals surface area contributed by atoms with Gasteiger partial charge in [0.2, 0.25) is 0 Å². The van der Waals surface area contributed by atoms with Crippen LogP contribution in [0.1, 0.15) is 36.0 Å². The first-order chi connectivity index (χ1) is 14.4. The van der Waals surface area contributed by atoms with Crippen LogP contribution >= 0.6 is 0 Å². The van der Waals surface area contributed by atoms with Crippen molar-refractivity contribution in [2.24, 2.45) is 11.3 Å². The molecule has 1 saturated heterocycles. The van der Waals surface area contributed by atoms with Gasteiger partial charge >= 0.3 is 5.97 Å². The Morgan fingerprint density at radius 3 is 2.43 bits per heavy atom. The number of rotatable bonds is 6. The predicted molar refractivity (Wildman–Crippen MR) is 112 cm³/mol. The number of likely N-dealkylation sites (tertiary alicyclic amines) is 1. The molecule has 0 spiro atoms. The SMILES string of the molecule is COc1ccccc1-c1ccc(C(=O)N2CC[C@H](O)[C@](CC3CC3)(C(=O)O)C2)cc1. The van der Waals surface area contributed by atoms with Crippen molar-refractivity contribution in [3.8, 4) is 16.9 Å². The third kappa shape index (κ3) is 3.79. The molecule has 4 rings (SSSR count). The second-order valence-electron chi connectivity index (χ2n) is 8.42. The first kappa shape index (κ1) is 20.4. The van der Waals surface area contributed by atoms with E-state index in [0.29, 0.717) is 24.4 Å². The molecule has 0 unspecified atom stereocenters. The van der Waals surface area contributed by atoms with Crippen LogP contribution in [0, 0.1) is 11.3 Å². The zero-order chi connectivity index (χ0) is 21.3. The lowest BCUT2D eigenvalue weighted by molar-refractivity contribution is -0.163. The van der Waals surface area contributed by atoms with Crippen LogP contribution in [0.5, 0.6) is 5.75 Å². The van der Waals surface area contributed by atoms with Crippen LogP contribution in [0.2, 0.25) is 0 Å². The molecule has 6 nitrogen and oxygen atoms in total. The number of methoxy groups -OCH3 is 1. The van der Waals surface area contributed by atoms with Gasteiger partial charge in [0.25, 0.3) is 5.91 Å². The number of hydrogen-bond donors (Lipinski definition) is 2. The minimum absolute atomic E-state index is 0.0487. The Kier molecular flexibility index (Phi) is 5.52. The molecule has 1 heterocycles. The molecule has 0 radical (unpaired) electrons. The molecule has 0 bridgehead atoms. The molecular formula is C24H27NO5. The number of benzene rings is 2. The van der Waals surface area contributed by atoms with Gasteiger partial charge in [0.05, 0.1) is 13.2 Å². The number of aliphatic hydroxyl groups is 1. The van der Waals surface area contributed by atoms with Gasteiger partial charge in [-0.3, -0.25) is 9.59 Å². The van der Waals surface area contributed by atoms with Crippen LogP contribution in [0.25, 0.3) is 11.1 Å². The smallest absolute Gasteiger partial charge is 0.314 e. The zero-order valence-corrected chi connectivity index (χ0v) is 17.1. The van der Waals surface area contributed by atoms with Crippen LogP contribution in [-0.2, 0) is 4.79 Å². The van der Waals surface area contributed by atoms with Gasteiger partial charge in [-0.1, -0.05) is 43.2 Å². The predicted octanol–water partition coefficient (Wildman–Crippen LogP) is 3.44. The number of aliphatic hydroxyl groups excluding tert-OH is 1. The number of para-hydroxylation sites is 1. The number of amides is 1. The van der Waals surface area contributed by atoms with Gasteiger partial charge < -0.3 is 19.8 Å². The fraction of sp³-hybridized carbons (Fsp3) is 0.417. The lowest BCUT2D eigenvalue weighted by Gasteiger charge is -2.43. The number of nitrogens with zero attached hydrogens (tertiary/aromatic N) is 1. The Morgan fingerprint density at radius 1 is 1.10 bits per heavy atom. The molecule has 30 heavy (non-hydrogen) atoms. The van der Waals surface area contributed by atoms with E-state index < -0.39 is 17.5 Å². The number of hydrogen-bond acceptors (Lipinski definition) is 4. The van der Waals surface area contributed by atoms with Crippen molar-refractivity contribution in [3.05, 3.63) is 54.1 Å². The second-order valence-corrected chi connectivity index (χ2v) is 8.42. The van der Waals surface area contributed by atoms with Crippen molar-refractivity contribution in [2.45, 2.75) is 31.8 Å². The Balaban J connectivity index is 1.54. The molecule has 6 heteroatoms. The number of carbonyl (C=O) groups excluding carboxylic acids is 1. The molecule has 1 aliphatic carbocycles. The van der Waals surface area contributed by atoms with E-state index in [2.05, 4.69) is 0 Å². The summed E-state index contributed by atoms with van der Waals surface area (Å²) in [6, 6.07) is 15.0. The fourth-order valence-corrected chi connectivity index (χ4v) is 4.45. The fourth-order valence-electron chi connectivity index (χ4n) is 4.45. The minimum Gasteiger partial charge on any atom is -0.496 e. The second kappa shape index (κ2) is 8.11. The highest BCUT2D eigenvalue weighted by Crippen LogP contribution is 2.45. The van der Waals surface area contributed by atoms with E-state index in [1.807, 2.05) is 36.4 Å². The summed E-state index contributed by atoms with van der Waals surface area (Å²) >= 11 is 0. The van der Waals surface area contributed by atoms with Crippen molar-refractivity contribution in [2.75, 3.05) is 20.2 Å². The van der Waals surface area contributed by atoms with Gasteiger partial charge in [-0.2, -0.15) is 0 Å². The standard InChI is InChI=1S/C24H27NO5/c1-30-20-5-3-2-4-19(20)17-8-10-18(11-9-17)22(27)25-13-12-21(26)24(15-25,23(28)29)14-16-6-7-16/h2-5,8-11,16,21,26H,6-7,12-15H2,1H3,(H,28,29)/t21-,24+/m0/s1. The van der Waals surface area contributed by atoms with E-state index in [9.17, 15) is 19.8 Å². The summed E-state index contributed by atoms with van der Waals surface area (Å²) in [5.74, 6) is -0.111. The summed E-state index contributed by atoms with van der Waals surface area (Å²) in [5, 5.41) is 20.4. The molecule has 0 aromatic heterocycles. The molecule has 2 aromatic rings. The molecule has 1 aliphatic heterocycles. The van der Waals surface area contributed by atoms with Crippen molar-refractivity contribution in [1.82, 2.24) is 4.90 Å². The van der Waals surface area contributed by atoms with Crippen LogP contribution in [0.15, 0.2) is 48.5 Å². The van der Waals surface area contributed by atoms with E-state index in [1.54, 1.807) is 24.1 Å². The molecule has 1 amide bonds. The van der Waals surface area contributed by atoms with Crippen LogP contribution in [0.3, 0.4) is 0 Å². The van der Waals surface area contributed by atoms with Crippen LogP contribution < -0.4 is 4.74 Å². The maximum absolute atomic E-state index is 13.1. The summed E-state index contributed by atoms with van der Waals surface area (Å²) in [7, 11) is 1.62. The number of carboxylic acids is 1. The Labute approximate surface area is 176 Å². The molecule has 1 saturated carbocycles. The van der Waals surface area contributed by atoms with Crippen LogP contribution in [0.4, 0.5) is 0 Å². The highest BCUT2D eigenvalue weighted by atomic mass is 16.5. The molecule has 2 fully saturated rings. The van der Waals surface area contributed by atoms with Crippen molar-refractivity contribution in [1.29, 1.82) is 0 Å². The number of carbonyl (C=O) groups is 2. The van der Waals surface area contributed by atoms with E-state index in [1.165, 1.54) is 0 Å². The maximum Gasteiger partial charge on any atom is 0.314 e. The van der Waals surface area contributed by atoms with E-state index in [4.69, 9.17) is 4.74 Å². The Hall–Kier alpha value is -2.86. The van der Waals surface area contributed by atoms with E-state index in [-0.39, 0.29) is 18.9 Å². The Bertz CT molecular complexity index is 937. The van der Waals surface area contributed by atoms with Gasteiger partial charge in [0, 0.05) is 24.2 Å². The van der Waals surface area contributed by atoms with Gasteiger partial charge in [-0.05, 0) is 42.5 Å². The monoisotopic (exact) mass is 409 g/mol. The summed E-state index contributed by atoms with van der Waals surface area (Å²) in [6.07, 6.45) is 1.79. The minimum atomic E-state index is -1.27. The van der Waals surface area contributed by atoms with Gasteiger partial charge in [0.1, 0.15) is 11.2 Å². The Morgan fingerprint density at radius 2 is 1.80 bits per heavy atom. The lowest BCUT2D eigenvalue weighted by atomic mass is 9.73. The summed E-state index contributed by atoms with van der Waals surface area (Å²) < 4.78 is 5.41. The normalized spacial score (nSPS) is 23.8. The molecule has 2 aliphatic rings. The summed E-state index contributed by atoms with van der Waals surface area (Å²) in [4.78, 5) is 26.8. The van der Waals surface area contributed by atoms with Crippen molar-refractivity contribution < 1.29 is 24.5 Å². The van der Waals surface area contributed by atoms with Gasteiger partial charge in [-0.15, -0.1) is 0 Å². The third-order valence-corrected chi connectivity index (χ3v) is 6.40. The average molecular weight is 409 g/mol. The maximum atomic E-state index is 13.1. The van der Waals surface area contributed by atoms with Crippen molar-refractivity contribution >= 4 is 11.9 Å². The zero-order valence-electron chi connectivity index (χ0n) is 17.1. The topological polar surface area (TPSA) is 87.1 Å². The largest absolute Gasteiger partial charge is 0.496 e. The number of aliphatic carboxylic acids is 1.